The zero-order valence-corrected chi connectivity index (χ0v) is 12.7. The maximum absolute atomic E-state index is 12.5. The lowest BCUT2D eigenvalue weighted by Crippen LogP contribution is -2.13. The van der Waals surface area contributed by atoms with E-state index >= 15 is 0 Å². The van der Waals surface area contributed by atoms with Crippen LogP contribution in [0.1, 0.15) is 22.3 Å². The Morgan fingerprint density at radius 2 is 1.44 bits per heavy atom. The van der Waals surface area contributed by atoms with Crippen LogP contribution in [0.25, 0.3) is 0 Å². The van der Waals surface area contributed by atoms with Gasteiger partial charge in [0, 0.05) is 16.9 Å². The number of rotatable bonds is 4. The first-order valence-corrected chi connectivity index (χ1v) is 7.05. The Hall–Kier alpha value is -3.34. The number of nitrogens with one attached hydrogen (secondary N) is 2. The van der Waals surface area contributed by atoms with Crippen LogP contribution >= 0.6 is 0 Å². The highest BCUT2D eigenvalue weighted by Gasteiger charge is 2.30. The molecule has 2 aromatic rings. The van der Waals surface area contributed by atoms with Crippen molar-refractivity contribution in [2.24, 2.45) is 0 Å². The molecule has 0 atom stereocenters. The van der Waals surface area contributed by atoms with Crippen LogP contribution in [-0.4, -0.2) is 11.8 Å². The fourth-order valence-corrected chi connectivity index (χ4v) is 1.93. The van der Waals surface area contributed by atoms with Crippen molar-refractivity contribution < 1.29 is 22.8 Å². The summed E-state index contributed by atoms with van der Waals surface area (Å²) in [5.41, 5.74) is 0.108. The molecule has 0 aliphatic carbocycles. The second-order valence-corrected chi connectivity index (χ2v) is 4.99. The van der Waals surface area contributed by atoms with Crippen LogP contribution in [0.15, 0.2) is 48.5 Å². The van der Waals surface area contributed by atoms with E-state index in [2.05, 4.69) is 10.6 Å². The number of nitriles is 1. The summed E-state index contributed by atoms with van der Waals surface area (Å²) in [6.45, 7) is 0. The zero-order valence-electron chi connectivity index (χ0n) is 12.7. The van der Waals surface area contributed by atoms with E-state index in [9.17, 15) is 22.8 Å². The van der Waals surface area contributed by atoms with Gasteiger partial charge in [-0.2, -0.15) is 18.4 Å². The molecule has 0 aliphatic heterocycles. The van der Waals surface area contributed by atoms with Crippen molar-refractivity contribution in [1.29, 1.82) is 5.26 Å². The molecular formula is C17H12F3N3O2. The molecule has 0 heterocycles. The molecule has 2 aromatic carbocycles. The molecule has 0 saturated carbocycles. The lowest BCUT2D eigenvalue weighted by Gasteiger charge is -2.09. The van der Waals surface area contributed by atoms with Gasteiger partial charge in [-0.3, -0.25) is 9.59 Å². The highest BCUT2D eigenvalue weighted by molar-refractivity contribution is 6.04. The Morgan fingerprint density at radius 1 is 0.920 bits per heavy atom. The number of carbonyl (C=O) groups is 2. The molecule has 0 radical (unpaired) electrons. The normalized spacial score (nSPS) is 10.6. The van der Waals surface area contributed by atoms with Crippen LogP contribution in [0, 0.1) is 11.3 Å². The predicted octanol–water partition coefficient (Wildman–Crippen LogP) is 3.81. The summed E-state index contributed by atoms with van der Waals surface area (Å²) >= 11 is 0. The predicted molar refractivity (Wildman–Crippen MR) is 84.7 cm³/mol. The van der Waals surface area contributed by atoms with E-state index in [4.69, 9.17) is 5.26 Å². The summed E-state index contributed by atoms with van der Waals surface area (Å²) < 4.78 is 37.5. The van der Waals surface area contributed by atoms with Crippen molar-refractivity contribution in [2.75, 3.05) is 10.6 Å². The molecule has 0 aliphatic rings. The van der Waals surface area contributed by atoms with Crippen LogP contribution < -0.4 is 10.6 Å². The van der Waals surface area contributed by atoms with Crippen LogP contribution in [0.3, 0.4) is 0 Å². The standard InChI is InChI=1S/C17H12F3N3O2/c18-17(19,20)12-3-1-11(2-4-12)16(25)23-14-7-5-13(6-8-14)22-15(24)9-10-21/h1-8H,9H2,(H,22,24)(H,23,25). The van der Waals surface area contributed by atoms with Crippen molar-refractivity contribution in [3.05, 3.63) is 59.7 Å². The van der Waals surface area contributed by atoms with Gasteiger partial charge >= 0.3 is 6.18 Å². The maximum atomic E-state index is 12.5. The van der Waals surface area contributed by atoms with Gasteiger partial charge in [-0.25, -0.2) is 0 Å². The number of alkyl halides is 3. The first-order chi connectivity index (χ1) is 11.8. The molecule has 2 rings (SSSR count). The van der Waals surface area contributed by atoms with Gasteiger partial charge in [0.15, 0.2) is 0 Å². The molecule has 2 N–H and O–H groups in total. The van der Waals surface area contributed by atoms with Gasteiger partial charge in [-0.1, -0.05) is 0 Å². The van der Waals surface area contributed by atoms with Crippen molar-refractivity contribution in [3.63, 3.8) is 0 Å². The number of hydrogen-bond acceptors (Lipinski definition) is 3. The van der Waals surface area contributed by atoms with Crippen LogP contribution in [0.5, 0.6) is 0 Å². The molecule has 128 valence electrons. The second kappa shape index (κ2) is 7.49. The van der Waals surface area contributed by atoms with Gasteiger partial charge in [0.2, 0.25) is 5.91 Å². The van der Waals surface area contributed by atoms with E-state index in [-0.39, 0.29) is 12.0 Å². The van der Waals surface area contributed by atoms with E-state index in [1.807, 2.05) is 0 Å². The summed E-state index contributed by atoms with van der Waals surface area (Å²) in [5.74, 6) is -1.01. The monoisotopic (exact) mass is 347 g/mol. The van der Waals surface area contributed by atoms with Crippen LogP contribution in [-0.2, 0) is 11.0 Å². The van der Waals surface area contributed by atoms with Crippen molar-refractivity contribution >= 4 is 23.2 Å². The minimum Gasteiger partial charge on any atom is -0.325 e. The molecule has 0 fully saturated rings. The number of anilines is 2. The van der Waals surface area contributed by atoms with Gasteiger partial charge in [-0.05, 0) is 48.5 Å². The minimum atomic E-state index is -4.46. The van der Waals surface area contributed by atoms with Gasteiger partial charge in [0.05, 0.1) is 11.6 Å². The first kappa shape index (κ1) is 18.0. The summed E-state index contributed by atoms with van der Waals surface area (Å²) in [5, 5.41) is 13.4. The molecule has 25 heavy (non-hydrogen) atoms. The SMILES string of the molecule is N#CCC(=O)Nc1ccc(NC(=O)c2ccc(C(F)(F)F)cc2)cc1. The Labute approximate surface area is 141 Å². The number of halogens is 3. The van der Waals surface area contributed by atoms with Gasteiger partial charge in [-0.15, -0.1) is 0 Å². The van der Waals surface area contributed by atoms with E-state index in [0.717, 1.165) is 24.3 Å². The third-order valence-corrected chi connectivity index (χ3v) is 3.14. The Balaban J connectivity index is 2.01. The van der Waals surface area contributed by atoms with Gasteiger partial charge in [0.25, 0.3) is 5.91 Å². The lowest BCUT2D eigenvalue weighted by atomic mass is 10.1. The highest BCUT2D eigenvalue weighted by atomic mass is 19.4. The van der Waals surface area contributed by atoms with E-state index in [0.29, 0.717) is 11.4 Å². The van der Waals surface area contributed by atoms with Crippen LogP contribution in [0.2, 0.25) is 0 Å². The highest BCUT2D eigenvalue weighted by Crippen LogP contribution is 2.29. The lowest BCUT2D eigenvalue weighted by molar-refractivity contribution is -0.137. The molecule has 0 bridgehead atoms. The second-order valence-electron chi connectivity index (χ2n) is 4.99. The third kappa shape index (κ3) is 5.07. The molecule has 8 heteroatoms. The van der Waals surface area contributed by atoms with Crippen molar-refractivity contribution in [2.45, 2.75) is 12.6 Å². The Kier molecular flexibility index (Phi) is 5.39. The fraction of sp³-hybridized carbons (Fsp3) is 0.118. The quantitative estimate of drug-likeness (QED) is 0.882. The molecule has 0 aromatic heterocycles. The van der Waals surface area contributed by atoms with E-state index in [1.54, 1.807) is 6.07 Å². The average Bonchev–Trinajstić information content (AvgIpc) is 2.56. The number of carbonyl (C=O) groups excluding carboxylic acids is 2. The van der Waals surface area contributed by atoms with Crippen molar-refractivity contribution in [1.82, 2.24) is 0 Å². The molecule has 0 spiro atoms. The summed E-state index contributed by atoms with van der Waals surface area (Å²) in [4.78, 5) is 23.3. The summed E-state index contributed by atoms with van der Waals surface area (Å²) in [6.07, 6.45) is -4.73. The van der Waals surface area contributed by atoms with Gasteiger partial charge in [0.1, 0.15) is 6.42 Å². The number of benzene rings is 2. The number of nitrogens with zero attached hydrogens (tertiary/aromatic N) is 1. The molecule has 5 nitrogen and oxygen atoms in total. The third-order valence-electron chi connectivity index (χ3n) is 3.14. The first-order valence-electron chi connectivity index (χ1n) is 7.05. The zero-order chi connectivity index (χ0) is 18.4. The number of amides is 2. The largest absolute Gasteiger partial charge is 0.416 e. The number of hydrogen-bond donors (Lipinski definition) is 2. The van der Waals surface area contributed by atoms with Crippen LogP contribution in [0.4, 0.5) is 24.5 Å². The smallest absolute Gasteiger partial charge is 0.325 e. The molecule has 2 amide bonds. The summed E-state index contributed by atoms with van der Waals surface area (Å²) in [7, 11) is 0. The fourth-order valence-electron chi connectivity index (χ4n) is 1.93. The van der Waals surface area contributed by atoms with E-state index < -0.39 is 23.6 Å². The van der Waals surface area contributed by atoms with Gasteiger partial charge < -0.3 is 10.6 Å². The topological polar surface area (TPSA) is 82.0 Å². The van der Waals surface area contributed by atoms with E-state index in [1.165, 1.54) is 24.3 Å². The average molecular weight is 347 g/mol. The maximum Gasteiger partial charge on any atom is 0.416 e. The minimum absolute atomic E-state index is 0.0828. The molecule has 0 unspecified atom stereocenters. The Bertz CT molecular complexity index is 807. The Morgan fingerprint density at radius 3 is 1.92 bits per heavy atom. The van der Waals surface area contributed by atoms with Crippen molar-refractivity contribution in [3.8, 4) is 6.07 Å². The molecule has 0 saturated heterocycles. The molecular weight excluding hydrogens is 335 g/mol. The summed E-state index contributed by atoms with van der Waals surface area (Å²) in [6, 6.07) is 11.7.